The lowest BCUT2D eigenvalue weighted by Gasteiger charge is -2.49. The Kier molecular flexibility index (Phi) is 3.46. The third kappa shape index (κ3) is 2.14. The number of hydrogen-bond donors (Lipinski definition) is 2. The summed E-state index contributed by atoms with van der Waals surface area (Å²) in [6.45, 7) is 4.06. The fourth-order valence-electron chi connectivity index (χ4n) is 4.91. The van der Waals surface area contributed by atoms with E-state index in [1.54, 1.807) is 6.07 Å². The van der Waals surface area contributed by atoms with Gasteiger partial charge in [-0.15, -0.1) is 0 Å². The molecule has 3 rings (SSSR count). The first-order valence-electron chi connectivity index (χ1n) is 8.02. The van der Waals surface area contributed by atoms with Crippen molar-refractivity contribution in [1.29, 1.82) is 0 Å². The summed E-state index contributed by atoms with van der Waals surface area (Å²) in [5.41, 5.74) is 2.02. The molecule has 2 aliphatic rings. The summed E-state index contributed by atoms with van der Waals surface area (Å²) in [6.07, 6.45) is 4.63. The number of carboxylic acids is 1. The van der Waals surface area contributed by atoms with Crippen LogP contribution < -0.4 is 0 Å². The molecule has 1 fully saturated rings. The quantitative estimate of drug-likeness (QED) is 0.866. The fraction of sp³-hybridized carbons (Fsp3) is 0.611. The van der Waals surface area contributed by atoms with Crippen molar-refractivity contribution in [2.45, 2.75) is 51.9 Å². The van der Waals surface area contributed by atoms with Crippen molar-refractivity contribution in [2.24, 2.45) is 17.3 Å². The van der Waals surface area contributed by atoms with E-state index in [0.717, 1.165) is 32.1 Å². The van der Waals surface area contributed by atoms with Gasteiger partial charge in [0.2, 0.25) is 0 Å². The van der Waals surface area contributed by atoms with Gasteiger partial charge in [0.05, 0.1) is 5.41 Å². The van der Waals surface area contributed by atoms with Crippen LogP contribution in [0, 0.1) is 17.3 Å². The molecule has 2 aliphatic carbocycles. The maximum atomic E-state index is 11.8. The molecule has 0 spiro atoms. The summed E-state index contributed by atoms with van der Waals surface area (Å²) in [4.78, 5) is 11.8. The minimum Gasteiger partial charge on any atom is -0.508 e. The number of benzene rings is 1. The van der Waals surface area contributed by atoms with Crippen LogP contribution in [0.2, 0.25) is 0 Å². The van der Waals surface area contributed by atoms with Crippen LogP contribution >= 0.6 is 0 Å². The topological polar surface area (TPSA) is 57.5 Å². The summed E-state index contributed by atoms with van der Waals surface area (Å²) in [7, 11) is 0. The Hall–Kier alpha value is -1.51. The highest BCUT2D eigenvalue weighted by Gasteiger charge is 2.51. The summed E-state index contributed by atoms with van der Waals surface area (Å²) in [5.74, 6) is 0.874. The van der Waals surface area contributed by atoms with Crippen LogP contribution in [0.4, 0.5) is 0 Å². The molecule has 0 bridgehead atoms. The predicted octanol–water partition coefficient (Wildman–Crippen LogP) is 3.95. The van der Waals surface area contributed by atoms with E-state index in [9.17, 15) is 15.0 Å². The highest BCUT2D eigenvalue weighted by molar-refractivity contribution is 5.75. The maximum absolute atomic E-state index is 11.8. The number of fused-ring (bicyclic) bond motifs is 3. The zero-order valence-corrected chi connectivity index (χ0v) is 12.8. The van der Waals surface area contributed by atoms with Crippen LogP contribution in [0.5, 0.6) is 5.75 Å². The van der Waals surface area contributed by atoms with Gasteiger partial charge in [0.15, 0.2) is 0 Å². The van der Waals surface area contributed by atoms with Crippen molar-refractivity contribution in [1.82, 2.24) is 0 Å². The number of carbonyl (C=O) groups is 1. The summed E-state index contributed by atoms with van der Waals surface area (Å²) >= 11 is 0. The SMILES string of the molecule is CC[C@H]1[C@@H]2CCc3cc(O)ccc3[C@H]2CC[C@]1(C)C(=O)O. The largest absolute Gasteiger partial charge is 0.508 e. The molecule has 0 saturated heterocycles. The Labute approximate surface area is 126 Å². The molecule has 2 N–H and O–H groups in total. The van der Waals surface area contributed by atoms with Crippen molar-refractivity contribution in [2.75, 3.05) is 0 Å². The molecule has 0 radical (unpaired) electrons. The van der Waals surface area contributed by atoms with Crippen LogP contribution in [0.1, 0.15) is 56.6 Å². The Morgan fingerprint density at radius 1 is 1.38 bits per heavy atom. The van der Waals surface area contributed by atoms with Gasteiger partial charge in [-0.25, -0.2) is 0 Å². The van der Waals surface area contributed by atoms with Gasteiger partial charge in [-0.3, -0.25) is 4.79 Å². The number of phenolic OH excluding ortho intramolecular Hbond substituents is 1. The molecule has 114 valence electrons. The van der Waals surface area contributed by atoms with Crippen molar-refractivity contribution >= 4 is 5.97 Å². The van der Waals surface area contributed by atoms with E-state index in [4.69, 9.17) is 0 Å². The summed E-state index contributed by atoms with van der Waals surface area (Å²) in [6, 6.07) is 5.71. The van der Waals surface area contributed by atoms with Crippen molar-refractivity contribution in [3.63, 3.8) is 0 Å². The second-order valence-corrected chi connectivity index (χ2v) is 6.97. The smallest absolute Gasteiger partial charge is 0.309 e. The lowest BCUT2D eigenvalue weighted by Crippen LogP contribution is -2.46. The van der Waals surface area contributed by atoms with Crippen LogP contribution in [0.15, 0.2) is 18.2 Å². The maximum Gasteiger partial charge on any atom is 0.309 e. The van der Waals surface area contributed by atoms with Gasteiger partial charge in [-0.2, -0.15) is 0 Å². The average molecular weight is 288 g/mol. The molecule has 0 aliphatic heterocycles. The number of hydrogen-bond acceptors (Lipinski definition) is 2. The van der Waals surface area contributed by atoms with Crippen LogP contribution in [0.25, 0.3) is 0 Å². The molecule has 1 saturated carbocycles. The second kappa shape index (κ2) is 5.04. The van der Waals surface area contributed by atoms with Gasteiger partial charge >= 0.3 is 5.97 Å². The van der Waals surface area contributed by atoms with Gasteiger partial charge in [-0.1, -0.05) is 19.4 Å². The lowest BCUT2D eigenvalue weighted by atomic mass is 9.54. The molecule has 1 aromatic carbocycles. The first-order chi connectivity index (χ1) is 9.97. The van der Waals surface area contributed by atoms with Crippen LogP contribution in [-0.4, -0.2) is 16.2 Å². The predicted molar refractivity (Wildman–Crippen MR) is 81.4 cm³/mol. The Morgan fingerprint density at radius 2 is 2.14 bits per heavy atom. The third-order valence-corrected chi connectivity index (χ3v) is 6.03. The normalized spacial score (nSPS) is 34.9. The van der Waals surface area contributed by atoms with E-state index in [1.807, 2.05) is 13.0 Å². The van der Waals surface area contributed by atoms with Gasteiger partial charge in [0, 0.05) is 0 Å². The number of aliphatic carboxylic acids is 1. The minimum atomic E-state index is -0.635. The first kappa shape index (κ1) is 14.4. The Morgan fingerprint density at radius 3 is 2.81 bits per heavy atom. The number of aryl methyl sites for hydroxylation is 1. The number of rotatable bonds is 2. The van der Waals surface area contributed by atoms with Gasteiger partial charge < -0.3 is 10.2 Å². The second-order valence-electron chi connectivity index (χ2n) is 6.97. The summed E-state index contributed by atoms with van der Waals surface area (Å²) < 4.78 is 0. The van der Waals surface area contributed by atoms with E-state index in [2.05, 4.69) is 13.0 Å². The van der Waals surface area contributed by atoms with Gasteiger partial charge in [0.1, 0.15) is 5.75 Å². The molecule has 0 aromatic heterocycles. The van der Waals surface area contributed by atoms with Crippen LogP contribution in [0.3, 0.4) is 0 Å². The van der Waals surface area contributed by atoms with Crippen molar-refractivity contribution < 1.29 is 15.0 Å². The molecular weight excluding hydrogens is 264 g/mol. The van der Waals surface area contributed by atoms with Gasteiger partial charge in [-0.05, 0) is 73.6 Å². The summed E-state index contributed by atoms with van der Waals surface area (Å²) in [5, 5.41) is 19.3. The molecule has 3 heteroatoms. The number of carboxylic acid groups (broad SMARTS) is 1. The van der Waals surface area contributed by atoms with Gasteiger partial charge in [0.25, 0.3) is 0 Å². The number of phenols is 1. The zero-order valence-electron chi connectivity index (χ0n) is 12.8. The highest BCUT2D eigenvalue weighted by Crippen LogP contribution is 2.55. The Balaban J connectivity index is 1.98. The molecule has 3 nitrogen and oxygen atoms in total. The lowest BCUT2D eigenvalue weighted by molar-refractivity contribution is -0.157. The number of aromatic hydroxyl groups is 1. The molecule has 4 atom stereocenters. The third-order valence-electron chi connectivity index (χ3n) is 6.03. The minimum absolute atomic E-state index is 0.246. The highest BCUT2D eigenvalue weighted by atomic mass is 16.4. The molecule has 1 aromatic rings. The van der Waals surface area contributed by atoms with Crippen molar-refractivity contribution in [3.8, 4) is 5.75 Å². The van der Waals surface area contributed by atoms with E-state index >= 15 is 0 Å². The van der Waals surface area contributed by atoms with E-state index < -0.39 is 11.4 Å². The first-order valence-corrected chi connectivity index (χ1v) is 8.02. The molecule has 0 heterocycles. The van der Waals surface area contributed by atoms with E-state index in [1.165, 1.54) is 11.1 Å². The Bertz CT molecular complexity index is 566. The van der Waals surface area contributed by atoms with E-state index in [-0.39, 0.29) is 5.92 Å². The zero-order chi connectivity index (χ0) is 15.2. The average Bonchev–Trinajstić information content (AvgIpc) is 2.46. The molecule has 0 unspecified atom stereocenters. The molecule has 21 heavy (non-hydrogen) atoms. The fourth-order valence-corrected chi connectivity index (χ4v) is 4.91. The molecule has 0 amide bonds. The van der Waals surface area contributed by atoms with Crippen molar-refractivity contribution in [3.05, 3.63) is 29.3 Å². The molecular formula is C18H24O3. The van der Waals surface area contributed by atoms with E-state index in [0.29, 0.717) is 17.6 Å². The van der Waals surface area contributed by atoms with Crippen LogP contribution in [-0.2, 0) is 11.2 Å². The standard InChI is InChI=1S/C18H24O3/c1-3-16-15-6-4-11-10-12(19)5-7-13(11)14(15)8-9-18(16,2)17(20)21/h5,7,10,14-16,19H,3-4,6,8-9H2,1-2H3,(H,20,21)/t14-,15-,16+,18+/m1/s1. The monoisotopic (exact) mass is 288 g/mol.